The Kier molecular flexibility index (Phi) is 5.74. The molecule has 1 spiro atoms. The van der Waals surface area contributed by atoms with Gasteiger partial charge >= 0.3 is 6.61 Å². The number of rotatable bonds is 6. The molecular weight excluding hydrogens is 348 g/mol. The number of ether oxygens (including phenoxy) is 2. The molecule has 1 aromatic carbocycles. The maximum absolute atomic E-state index is 12.6. The predicted molar refractivity (Wildman–Crippen MR) is 88.1 cm³/mol. The number of hydrogen-bond acceptors (Lipinski definition) is 5. The highest BCUT2D eigenvalue weighted by atomic mass is 19.3. The molecule has 1 aliphatic carbocycles. The largest absolute Gasteiger partial charge is 0.435 e. The number of aliphatic hydroxyl groups is 2. The van der Waals surface area contributed by atoms with E-state index in [9.17, 15) is 18.7 Å². The summed E-state index contributed by atoms with van der Waals surface area (Å²) in [5, 5.41) is 19.1. The molecule has 6 nitrogen and oxygen atoms in total. The van der Waals surface area contributed by atoms with E-state index < -0.39 is 12.7 Å². The monoisotopic (exact) mass is 371 g/mol. The Hall–Kier alpha value is -1.77. The van der Waals surface area contributed by atoms with E-state index in [1.165, 1.54) is 18.2 Å². The number of piperidine rings is 1. The minimum atomic E-state index is -2.94. The zero-order valence-corrected chi connectivity index (χ0v) is 14.3. The van der Waals surface area contributed by atoms with Crippen LogP contribution in [0.1, 0.15) is 29.6 Å². The second kappa shape index (κ2) is 7.85. The fourth-order valence-electron chi connectivity index (χ4n) is 3.92. The lowest BCUT2D eigenvalue weighted by molar-refractivity contribution is -0.211. The minimum absolute atomic E-state index is 0.0498. The Labute approximate surface area is 150 Å². The summed E-state index contributed by atoms with van der Waals surface area (Å²) in [6.45, 7) is -1.86. The summed E-state index contributed by atoms with van der Waals surface area (Å²) >= 11 is 0. The molecule has 3 rings (SSSR count). The zero-order valence-electron chi connectivity index (χ0n) is 14.3. The molecule has 144 valence electrons. The lowest BCUT2D eigenvalue weighted by Crippen LogP contribution is -2.62. The molecule has 8 heteroatoms. The third-order valence-corrected chi connectivity index (χ3v) is 5.44. The van der Waals surface area contributed by atoms with Gasteiger partial charge in [-0.05, 0) is 31.0 Å². The molecule has 1 aliphatic heterocycles. The number of likely N-dealkylation sites (tertiary alicyclic amines) is 1. The smallest absolute Gasteiger partial charge is 0.387 e. The van der Waals surface area contributed by atoms with E-state index in [1.54, 1.807) is 11.0 Å². The van der Waals surface area contributed by atoms with Crippen LogP contribution in [0.15, 0.2) is 24.3 Å². The minimum Gasteiger partial charge on any atom is -0.435 e. The van der Waals surface area contributed by atoms with E-state index in [2.05, 4.69) is 4.74 Å². The average Bonchev–Trinajstić information content (AvgIpc) is 2.64. The molecule has 0 bridgehead atoms. The normalized spacial score (nSPS) is 24.6. The number of aliphatic hydroxyl groups excluding tert-OH is 2. The molecule has 1 saturated heterocycles. The van der Waals surface area contributed by atoms with Crippen LogP contribution >= 0.6 is 0 Å². The second-order valence-corrected chi connectivity index (χ2v) is 6.77. The van der Waals surface area contributed by atoms with Crippen LogP contribution in [0.2, 0.25) is 0 Å². The highest BCUT2D eigenvalue weighted by Crippen LogP contribution is 2.51. The van der Waals surface area contributed by atoms with Crippen LogP contribution in [0.3, 0.4) is 0 Å². The first-order valence-electron chi connectivity index (χ1n) is 8.71. The van der Waals surface area contributed by atoms with Gasteiger partial charge in [0.05, 0.1) is 25.4 Å². The summed E-state index contributed by atoms with van der Waals surface area (Å²) in [5.41, 5.74) is -0.0756. The fraction of sp³-hybridized carbons (Fsp3) is 0.611. The van der Waals surface area contributed by atoms with Gasteiger partial charge in [-0.3, -0.25) is 4.79 Å². The summed E-state index contributed by atoms with van der Waals surface area (Å²) in [4.78, 5) is 14.3. The highest BCUT2D eigenvalue weighted by molar-refractivity contribution is 5.94. The van der Waals surface area contributed by atoms with Gasteiger partial charge in [0.2, 0.25) is 0 Å². The van der Waals surface area contributed by atoms with Crippen LogP contribution < -0.4 is 4.74 Å². The van der Waals surface area contributed by atoms with Crippen LogP contribution in [0.5, 0.6) is 5.75 Å². The molecule has 0 radical (unpaired) electrons. The number of carbonyl (C=O) groups excluding carboxylic acids is 1. The maximum Gasteiger partial charge on any atom is 0.387 e. The van der Waals surface area contributed by atoms with Crippen molar-refractivity contribution in [1.29, 1.82) is 0 Å². The molecule has 1 saturated carbocycles. The number of halogens is 2. The van der Waals surface area contributed by atoms with Crippen molar-refractivity contribution >= 4 is 5.91 Å². The number of nitrogens with zero attached hydrogens (tertiary/aromatic N) is 1. The Morgan fingerprint density at radius 3 is 2.69 bits per heavy atom. The lowest BCUT2D eigenvalue weighted by atomic mass is 9.58. The van der Waals surface area contributed by atoms with Crippen LogP contribution in [-0.4, -0.2) is 66.1 Å². The van der Waals surface area contributed by atoms with Gasteiger partial charge in [0, 0.05) is 30.5 Å². The van der Waals surface area contributed by atoms with E-state index in [0.29, 0.717) is 37.9 Å². The van der Waals surface area contributed by atoms with Gasteiger partial charge in [-0.25, -0.2) is 0 Å². The standard InChI is InChI=1S/C18H23F2NO5/c19-17(20)26-13-3-1-2-12(10-13)16(24)21-6-4-18(5-7-21)14(23)11-15(18)25-9-8-22/h1-3,10,14-15,17,22-23H,4-9,11H2/t14-,15+/m1/s1. The van der Waals surface area contributed by atoms with Crippen LogP contribution in [0.4, 0.5) is 8.78 Å². The van der Waals surface area contributed by atoms with Gasteiger partial charge in [-0.15, -0.1) is 0 Å². The summed E-state index contributed by atoms with van der Waals surface area (Å²) in [6, 6.07) is 5.76. The number of benzene rings is 1. The first-order valence-corrected chi connectivity index (χ1v) is 8.71. The predicted octanol–water partition coefficient (Wildman–Crippen LogP) is 1.65. The number of amides is 1. The zero-order chi connectivity index (χ0) is 18.7. The van der Waals surface area contributed by atoms with E-state index in [1.807, 2.05) is 0 Å². The van der Waals surface area contributed by atoms with E-state index >= 15 is 0 Å². The van der Waals surface area contributed by atoms with Crippen molar-refractivity contribution in [3.05, 3.63) is 29.8 Å². The van der Waals surface area contributed by atoms with E-state index in [4.69, 9.17) is 9.84 Å². The van der Waals surface area contributed by atoms with Crippen molar-refractivity contribution in [2.45, 2.75) is 38.1 Å². The van der Waals surface area contributed by atoms with Crippen LogP contribution in [0, 0.1) is 5.41 Å². The molecule has 2 N–H and O–H groups in total. The fourth-order valence-corrected chi connectivity index (χ4v) is 3.92. The van der Waals surface area contributed by atoms with Gasteiger partial charge in [-0.2, -0.15) is 8.78 Å². The molecule has 2 aliphatic rings. The third-order valence-electron chi connectivity index (χ3n) is 5.44. The summed E-state index contributed by atoms with van der Waals surface area (Å²) < 4.78 is 34.6. The molecule has 0 aromatic heterocycles. The summed E-state index contributed by atoms with van der Waals surface area (Å²) in [7, 11) is 0. The SMILES string of the molecule is O=C(c1cccc(OC(F)F)c1)N1CCC2(CC1)[C@H](O)C[C@@H]2OCCO. The Bertz CT molecular complexity index is 634. The van der Waals surface area contributed by atoms with Crippen molar-refractivity contribution < 1.29 is 33.3 Å². The molecule has 1 heterocycles. The molecule has 1 aromatic rings. The van der Waals surface area contributed by atoms with Gasteiger partial charge in [0.25, 0.3) is 5.91 Å². The molecule has 1 amide bonds. The van der Waals surface area contributed by atoms with Crippen molar-refractivity contribution in [3.63, 3.8) is 0 Å². The average molecular weight is 371 g/mol. The quantitative estimate of drug-likeness (QED) is 0.795. The van der Waals surface area contributed by atoms with Gasteiger partial charge in [-0.1, -0.05) is 6.07 Å². The van der Waals surface area contributed by atoms with Crippen LogP contribution in [-0.2, 0) is 4.74 Å². The van der Waals surface area contributed by atoms with Crippen LogP contribution in [0.25, 0.3) is 0 Å². The van der Waals surface area contributed by atoms with E-state index in [0.717, 1.165) is 0 Å². The summed E-state index contributed by atoms with van der Waals surface area (Å²) in [5.74, 6) is -0.299. The van der Waals surface area contributed by atoms with Crippen molar-refractivity contribution in [3.8, 4) is 5.75 Å². The van der Waals surface area contributed by atoms with Crippen molar-refractivity contribution in [2.75, 3.05) is 26.3 Å². The maximum atomic E-state index is 12.6. The Morgan fingerprint density at radius 1 is 1.35 bits per heavy atom. The van der Waals surface area contributed by atoms with Crippen molar-refractivity contribution in [1.82, 2.24) is 4.90 Å². The second-order valence-electron chi connectivity index (χ2n) is 6.77. The number of carbonyl (C=O) groups is 1. The number of hydrogen-bond donors (Lipinski definition) is 2. The lowest BCUT2D eigenvalue weighted by Gasteiger charge is -2.56. The highest BCUT2D eigenvalue weighted by Gasteiger charge is 2.56. The first kappa shape index (κ1) is 19.0. The molecule has 26 heavy (non-hydrogen) atoms. The Morgan fingerprint density at radius 2 is 2.08 bits per heavy atom. The van der Waals surface area contributed by atoms with Gasteiger partial charge in [0.1, 0.15) is 5.75 Å². The number of alkyl halides is 2. The third kappa shape index (κ3) is 3.67. The first-order chi connectivity index (χ1) is 12.5. The Balaban J connectivity index is 1.62. The molecule has 2 fully saturated rings. The topological polar surface area (TPSA) is 79.2 Å². The van der Waals surface area contributed by atoms with Gasteiger partial charge < -0.3 is 24.6 Å². The molecule has 2 atom stereocenters. The van der Waals surface area contributed by atoms with E-state index in [-0.39, 0.29) is 36.4 Å². The van der Waals surface area contributed by atoms with Gasteiger partial charge in [0.15, 0.2) is 0 Å². The molecular formula is C18H23F2NO5. The molecule has 0 unspecified atom stereocenters. The van der Waals surface area contributed by atoms with Crippen molar-refractivity contribution in [2.24, 2.45) is 5.41 Å². The summed E-state index contributed by atoms with van der Waals surface area (Å²) in [6.07, 6.45) is 1.17.